The lowest BCUT2D eigenvalue weighted by molar-refractivity contribution is -0.290. The van der Waals surface area contributed by atoms with E-state index in [-0.39, 0.29) is 11.6 Å². The molecule has 2 aromatic rings. The Morgan fingerprint density at radius 3 is 2.44 bits per heavy atom. The molecule has 2 aromatic heterocycles. The first-order valence-electron chi connectivity index (χ1n) is 7.60. The van der Waals surface area contributed by atoms with Crippen LogP contribution >= 0.6 is 11.3 Å². The smallest absolute Gasteiger partial charge is 0.338 e. The van der Waals surface area contributed by atoms with E-state index in [2.05, 4.69) is 5.10 Å². The Balaban J connectivity index is 1.80. The SMILES string of the molecule is O=C(c1ccc(-c2cc(C(F)(F)C(F)(F)F)[nH]n2)s1)N1CCCCC1. The highest BCUT2D eigenvalue weighted by atomic mass is 32.1. The lowest BCUT2D eigenvalue weighted by Gasteiger charge is -2.26. The first-order chi connectivity index (χ1) is 11.7. The summed E-state index contributed by atoms with van der Waals surface area (Å²) < 4.78 is 63.8. The summed E-state index contributed by atoms with van der Waals surface area (Å²) in [5.74, 6) is -5.17. The van der Waals surface area contributed by atoms with E-state index in [0.29, 0.717) is 28.9 Å². The lowest BCUT2D eigenvalue weighted by Crippen LogP contribution is -2.35. The third kappa shape index (κ3) is 3.39. The number of aromatic nitrogens is 2. The maximum atomic E-state index is 13.3. The molecule has 3 heterocycles. The van der Waals surface area contributed by atoms with Crippen molar-refractivity contribution < 1.29 is 26.7 Å². The van der Waals surface area contributed by atoms with Crippen molar-refractivity contribution in [2.45, 2.75) is 31.4 Å². The number of carbonyl (C=O) groups excluding carboxylic acids is 1. The average Bonchev–Trinajstić information content (AvgIpc) is 3.23. The van der Waals surface area contributed by atoms with Gasteiger partial charge in [-0.25, -0.2) is 0 Å². The highest BCUT2D eigenvalue weighted by molar-refractivity contribution is 7.17. The van der Waals surface area contributed by atoms with Crippen LogP contribution in [0.1, 0.15) is 34.6 Å². The number of halogens is 5. The Morgan fingerprint density at radius 1 is 1.12 bits per heavy atom. The van der Waals surface area contributed by atoms with Gasteiger partial charge in [0.2, 0.25) is 0 Å². The van der Waals surface area contributed by atoms with Gasteiger partial charge in [-0.1, -0.05) is 0 Å². The first kappa shape index (κ1) is 17.8. The van der Waals surface area contributed by atoms with E-state index in [0.717, 1.165) is 30.6 Å². The molecular weight excluding hydrogens is 365 g/mol. The molecule has 0 spiro atoms. The van der Waals surface area contributed by atoms with Crippen molar-refractivity contribution in [1.29, 1.82) is 0 Å². The minimum absolute atomic E-state index is 0.0541. The molecule has 136 valence electrons. The van der Waals surface area contributed by atoms with Crippen molar-refractivity contribution in [3.05, 3.63) is 28.8 Å². The maximum Gasteiger partial charge on any atom is 0.459 e. The molecule has 0 unspecified atom stereocenters. The number of alkyl halides is 5. The monoisotopic (exact) mass is 379 g/mol. The van der Waals surface area contributed by atoms with E-state index in [1.54, 1.807) is 10.00 Å². The summed E-state index contributed by atoms with van der Waals surface area (Å²) in [5.41, 5.74) is -1.38. The molecule has 4 nitrogen and oxygen atoms in total. The predicted molar refractivity (Wildman–Crippen MR) is 81.6 cm³/mol. The molecule has 0 aromatic carbocycles. The molecule has 1 N–H and O–H groups in total. The molecule has 0 bridgehead atoms. The van der Waals surface area contributed by atoms with Crippen LogP contribution in [0.5, 0.6) is 0 Å². The molecule has 1 fully saturated rings. The zero-order chi connectivity index (χ0) is 18.2. The minimum atomic E-state index is -5.71. The van der Waals surface area contributed by atoms with Gasteiger partial charge in [-0.15, -0.1) is 11.3 Å². The Morgan fingerprint density at radius 2 is 1.80 bits per heavy atom. The van der Waals surface area contributed by atoms with Crippen LogP contribution in [0, 0.1) is 0 Å². The van der Waals surface area contributed by atoms with E-state index in [9.17, 15) is 26.7 Å². The van der Waals surface area contributed by atoms with Crippen LogP contribution in [0.15, 0.2) is 18.2 Å². The van der Waals surface area contributed by atoms with Crippen LogP contribution in [-0.4, -0.2) is 40.3 Å². The standard InChI is InChI=1S/C15H14F5N3OS/c16-14(17,15(18,19)20)12-8-9(21-22-12)10-4-5-11(25-10)13(24)23-6-2-1-3-7-23/h4-5,8H,1-3,6-7H2,(H,21,22). The number of nitrogens with zero attached hydrogens (tertiary/aromatic N) is 2. The van der Waals surface area contributed by atoms with E-state index in [4.69, 9.17) is 0 Å². The summed E-state index contributed by atoms with van der Waals surface area (Å²) in [4.78, 5) is 14.8. The van der Waals surface area contributed by atoms with Crippen molar-refractivity contribution in [1.82, 2.24) is 15.1 Å². The molecule has 3 rings (SSSR count). The first-order valence-corrected chi connectivity index (χ1v) is 8.42. The van der Waals surface area contributed by atoms with Gasteiger partial charge in [0.1, 0.15) is 11.4 Å². The Kier molecular flexibility index (Phi) is 4.56. The van der Waals surface area contributed by atoms with Crippen LogP contribution in [0.25, 0.3) is 10.6 Å². The normalized spacial score (nSPS) is 16.3. The Labute approximate surface area is 143 Å². The fraction of sp³-hybridized carbons (Fsp3) is 0.467. The van der Waals surface area contributed by atoms with Crippen molar-refractivity contribution in [2.24, 2.45) is 0 Å². The van der Waals surface area contributed by atoms with Gasteiger partial charge in [0, 0.05) is 13.1 Å². The van der Waals surface area contributed by atoms with E-state index in [1.807, 2.05) is 0 Å². The number of thiophene rings is 1. The second-order valence-corrected chi connectivity index (χ2v) is 6.84. The lowest BCUT2D eigenvalue weighted by atomic mass is 10.1. The van der Waals surface area contributed by atoms with Crippen molar-refractivity contribution in [2.75, 3.05) is 13.1 Å². The number of amides is 1. The molecule has 10 heteroatoms. The molecular formula is C15H14F5N3OS. The third-order valence-electron chi connectivity index (χ3n) is 3.98. The van der Waals surface area contributed by atoms with Crippen LogP contribution in [0.3, 0.4) is 0 Å². The van der Waals surface area contributed by atoms with Gasteiger partial charge in [-0.2, -0.15) is 27.1 Å². The van der Waals surface area contributed by atoms with Crippen molar-refractivity contribution >= 4 is 17.2 Å². The zero-order valence-electron chi connectivity index (χ0n) is 12.9. The largest absolute Gasteiger partial charge is 0.459 e. The molecule has 1 aliphatic rings. The van der Waals surface area contributed by atoms with Gasteiger partial charge in [-0.3, -0.25) is 9.89 Å². The summed E-state index contributed by atoms with van der Waals surface area (Å²) in [6.07, 6.45) is -2.77. The summed E-state index contributed by atoms with van der Waals surface area (Å²) in [5, 5.41) is 5.28. The fourth-order valence-corrected chi connectivity index (χ4v) is 3.54. The van der Waals surface area contributed by atoms with Gasteiger partial charge in [0.25, 0.3) is 5.91 Å². The molecule has 0 aliphatic carbocycles. The summed E-state index contributed by atoms with van der Waals surface area (Å²) in [6.45, 7) is 1.33. The Bertz CT molecular complexity index is 761. The molecule has 1 saturated heterocycles. The van der Waals surface area contributed by atoms with E-state index in [1.165, 1.54) is 12.1 Å². The number of rotatable bonds is 3. The fourth-order valence-electron chi connectivity index (χ4n) is 2.60. The maximum absolute atomic E-state index is 13.3. The second kappa shape index (κ2) is 6.40. The van der Waals surface area contributed by atoms with Gasteiger partial charge in [0.05, 0.1) is 9.75 Å². The molecule has 1 amide bonds. The molecule has 0 atom stereocenters. The average molecular weight is 379 g/mol. The van der Waals surface area contributed by atoms with Crippen LogP contribution in [0.2, 0.25) is 0 Å². The van der Waals surface area contributed by atoms with Crippen molar-refractivity contribution in [3.8, 4) is 10.6 Å². The molecule has 0 radical (unpaired) electrons. The minimum Gasteiger partial charge on any atom is -0.338 e. The quantitative estimate of drug-likeness (QED) is 0.803. The number of aromatic amines is 1. The van der Waals surface area contributed by atoms with Crippen LogP contribution in [0.4, 0.5) is 22.0 Å². The molecule has 0 saturated carbocycles. The number of piperidine rings is 1. The van der Waals surface area contributed by atoms with E-state index < -0.39 is 17.8 Å². The number of carbonyl (C=O) groups is 1. The summed E-state index contributed by atoms with van der Waals surface area (Å²) in [7, 11) is 0. The molecule has 1 aliphatic heterocycles. The Hall–Kier alpha value is -1.97. The van der Waals surface area contributed by atoms with Gasteiger partial charge < -0.3 is 4.90 Å². The van der Waals surface area contributed by atoms with E-state index >= 15 is 0 Å². The number of hydrogen-bond acceptors (Lipinski definition) is 3. The topological polar surface area (TPSA) is 49.0 Å². The van der Waals surface area contributed by atoms with Crippen LogP contribution in [-0.2, 0) is 5.92 Å². The van der Waals surface area contributed by atoms with Gasteiger partial charge in [0.15, 0.2) is 0 Å². The number of nitrogens with one attached hydrogen (secondary N) is 1. The zero-order valence-corrected chi connectivity index (χ0v) is 13.7. The summed E-state index contributed by atoms with van der Waals surface area (Å²) in [6, 6.07) is 3.69. The summed E-state index contributed by atoms with van der Waals surface area (Å²) >= 11 is 1.02. The second-order valence-electron chi connectivity index (χ2n) is 5.76. The third-order valence-corrected chi connectivity index (χ3v) is 5.08. The number of H-pyrrole nitrogens is 1. The highest BCUT2D eigenvalue weighted by Crippen LogP contribution is 2.44. The van der Waals surface area contributed by atoms with Gasteiger partial charge >= 0.3 is 12.1 Å². The number of likely N-dealkylation sites (tertiary alicyclic amines) is 1. The van der Waals surface area contributed by atoms with Gasteiger partial charge in [-0.05, 0) is 37.5 Å². The highest BCUT2D eigenvalue weighted by Gasteiger charge is 2.60. The molecule has 25 heavy (non-hydrogen) atoms. The van der Waals surface area contributed by atoms with Crippen LogP contribution < -0.4 is 0 Å². The van der Waals surface area contributed by atoms with Crippen molar-refractivity contribution in [3.63, 3.8) is 0 Å². The number of hydrogen-bond donors (Lipinski definition) is 1. The predicted octanol–water partition coefficient (Wildman–Crippen LogP) is 4.42.